The highest BCUT2D eigenvalue weighted by atomic mass is 16.4. The van der Waals surface area contributed by atoms with E-state index < -0.39 is 11.9 Å². The molecule has 23 heavy (non-hydrogen) atoms. The van der Waals surface area contributed by atoms with E-state index in [2.05, 4.69) is 9.97 Å². The van der Waals surface area contributed by atoms with E-state index in [0.29, 0.717) is 29.5 Å². The summed E-state index contributed by atoms with van der Waals surface area (Å²) in [5, 5.41) is 9.37. The van der Waals surface area contributed by atoms with Crippen molar-refractivity contribution in [2.45, 2.75) is 33.1 Å². The maximum Gasteiger partial charge on any atom is 0.308 e. The number of hydrogen-bond acceptors (Lipinski definition) is 4. The highest BCUT2D eigenvalue weighted by molar-refractivity contribution is 5.81. The Morgan fingerprint density at radius 3 is 2.57 bits per heavy atom. The van der Waals surface area contributed by atoms with E-state index in [-0.39, 0.29) is 30.3 Å². The molecule has 0 radical (unpaired) electrons. The van der Waals surface area contributed by atoms with E-state index in [1.54, 1.807) is 18.7 Å². The number of aryl methyl sites for hydroxylation is 2. The molecule has 1 aliphatic carbocycles. The molecule has 1 amide bonds. The Kier molecular flexibility index (Phi) is 3.95. The third kappa shape index (κ3) is 3.13. The van der Waals surface area contributed by atoms with Crippen LogP contribution in [0.4, 0.5) is 0 Å². The molecule has 1 saturated carbocycles. The Hall–Kier alpha value is -2.18. The third-order valence-corrected chi connectivity index (χ3v) is 4.93. The first-order chi connectivity index (χ1) is 10.9. The van der Waals surface area contributed by atoms with Crippen LogP contribution in [0.1, 0.15) is 29.9 Å². The lowest BCUT2D eigenvalue weighted by Crippen LogP contribution is -2.33. The normalized spacial score (nSPS) is 24.0. The molecular formula is C16H21N3O4. The molecule has 2 aliphatic rings. The van der Waals surface area contributed by atoms with Gasteiger partial charge in [-0.2, -0.15) is 0 Å². The number of carbonyl (C=O) groups is 2. The highest BCUT2D eigenvalue weighted by Gasteiger charge is 2.46. The number of carbonyl (C=O) groups excluding carboxylic acids is 1. The van der Waals surface area contributed by atoms with Gasteiger partial charge in [-0.1, -0.05) is 0 Å². The van der Waals surface area contributed by atoms with Crippen molar-refractivity contribution in [3.05, 3.63) is 27.4 Å². The van der Waals surface area contributed by atoms with Crippen molar-refractivity contribution in [1.82, 2.24) is 14.9 Å². The monoisotopic (exact) mass is 319 g/mol. The second-order valence-corrected chi connectivity index (χ2v) is 6.64. The van der Waals surface area contributed by atoms with Crippen LogP contribution in [0.5, 0.6) is 0 Å². The van der Waals surface area contributed by atoms with Crippen LogP contribution in [0.2, 0.25) is 0 Å². The summed E-state index contributed by atoms with van der Waals surface area (Å²) in [4.78, 5) is 44.3. The molecule has 0 unspecified atom stereocenters. The Morgan fingerprint density at radius 1 is 1.30 bits per heavy atom. The first-order valence-corrected chi connectivity index (χ1v) is 7.93. The zero-order chi connectivity index (χ0) is 16.7. The molecule has 124 valence electrons. The molecule has 2 heterocycles. The van der Waals surface area contributed by atoms with Crippen LogP contribution in [-0.4, -0.2) is 44.9 Å². The first kappa shape index (κ1) is 15.7. The summed E-state index contributed by atoms with van der Waals surface area (Å²) in [5.74, 6) is -0.513. The van der Waals surface area contributed by atoms with Crippen molar-refractivity contribution in [2.24, 2.45) is 17.8 Å². The number of carboxylic acids is 1. The van der Waals surface area contributed by atoms with Gasteiger partial charge in [0.25, 0.3) is 5.56 Å². The largest absolute Gasteiger partial charge is 0.481 e. The van der Waals surface area contributed by atoms with Crippen LogP contribution >= 0.6 is 0 Å². The van der Waals surface area contributed by atoms with E-state index in [4.69, 9.17) is 0 Å². The number of aliphatic carboxylic acids is 1. The average molecular weight is 319 g/mol. The molecule has 2 atom stereocenters. The molecule has 1 aliphatic heterocycles. The number of rotatable bonds is 4. The van der Waals surface area contributed by atoms with E-state index in [1.807, 2.05) is 0 Å². The Labute approximate surface area is 133 Å². The maximum atomic E-state index is 12.5. The summed E-state index contributed by atoms with van der Waals surface area (Å²) >= 11 is 0. The topological polar surface area (TPSA) is 103 Å². The summed E-state index contributed by atoms with van der Waals surface area (Å²) < 4.78 is 0. The van der Waals surface area contributed by atoms with E-state index in [1.165, 1.54) is 0 Å². The number of hydrogen-bond donors (Lipinski definition) is 2. The fourth-order valence-corrected chi connectivity index (χ4v) is 3.52. The second-order valence-electron chi connectivity index (χ2n) is 6.64. The van der Waals surface area contributed by atoms with Gasteiger partial charge in [0.1, 0.15) is 5.82 Å². The number of aromatic nitrogens is 2. The quantitative estimate of drug-likeness (QED) is 0.841. The van der Waals surface area contributed by atoms with Gasteiger partial charge in [0.2, 0.25) is 5.91 Å². The molecule has 1 saturated heterocycles. The van der Waals surface area contributed by atoms with Crippen LogP contribution < -0.4 is 5.56 Å². The van der Waals surface area contributed by atoms with Gasteiger partial charge in [-0.25, -0.2) is 4.98 Å². The second kappa shape index (κ2) is 5.79. The zero-order valence-corrected chi connectivity index (χ0v) is 13.3. The third-order valence-electron chi connectivity index (χ3n) is 4.93. The lowest BCUT2D eigenvalue weighted by molar-refractivity contribution is -0.142. The van der Waals surface area contributed by atoms with E-state index in [0.717, 1.165) is 12.8 Å². The van der Waals surface area contributed by atoms with Gasteiger partial charge in [0.05, 0.1) is 12.3 Å². The fraction of sp³-hybridized carbons (Fsp3) is 0.625. The molecule has 1 aromatic heterocycles. The molecule has 3 rings (SSSR count). The molecule has 2 fully saturated rings. The minimum absolute atomic E-state index is 0.0296. The number of nitrogens with zero attached hydrogens (tertiary/aromatic N) is 2. The van der Waals surface area contributed by atoms with Crippen molar-refractivity contribution in [2.75, 3.05) is 13.1 Å². The number of nitrogens with one attached hydrogen (secondary N) is 1. The van der Waals surface area contributed by atoms with Gasteiger partial charge in [0, 0.05) is 24.3 Å². The average Bonchev–Trinajstić information content (AvgIpc) is 3.20. The molecule has 0 spiro atoms. The number of H-pyrrole nitrogens is 1. The smallest absolute Gasteiger partial charge is 0.308 e. The van der Waals surface area contributed by atoms with Crippen LogP contribution in [0.15, 0.2) is 4.79 Å². The lowest BCUT2D eigenvalue weighted by atomic mass is 9.92. The Balaban J connectivity index is 1.74. The van der Waals surface area contributed by atoms with Crippen molar-refractivity contribution in [1.29, 1.82) is 0 Å². The summed E-state index contributed by atoms with van der Waals surface area (Å²) in [6, 6.07) is 0. The molecule has 7 heteroatoms. The highest BCUT2D eigenvalue weighted by Crippen LogP contribution is 2.44. The van der Waals surface area contributed by atoms with Crippen molar-refractivity contribution in [3.63, 3.8) is 0 Å². The minimum Gasteiger partial charge on any atom is -0.481 e. The van der Waals surface area contributed by atoms with Crippen molar-refractivity contribution < 1.29 is 14.7 Å². The maximum absolute atomic E-state index is 12.5. The van der Waals surface area contributed by atoms with E-state index >= 15 is 0 Å². The van der Waals surface area contributed by atoms with Crippen LogP contribution in [-0.2, 0) is 16.0 Å². The Bertz CT molecular complexity index is 708. The molecule has 2 N–H and O–H groups in total. The molecule has 7 nitrogen and oxygen atoms in total. The molecule has 0 aromatic carbocycles. The summed E-state index contributed by atoms with van der Waals surface area (Å²) in [5.41, 5.74) is 0.616. The lowest BCUT2D eigenvalue weighted by Gasteiger charge is -2.16. The van der Waals surface area contributed by atoms with Gasteiger partial charge in [0.15, 0.2) is 0 Å². The molecule has 1 aromatic rings. The van der Waals surface area contributed by atoms with Gasteiger partial charge in [-0.05, 0) is 38.5 Å². The van der Waals surface area contributed by atoms with Gasteiger partial charge in [-0.15, -0.1) is 0 Å². The number of likely N-dealkylation sites (tertiary alicyclic amines) is 1. The number of aromatic amines is 1. The van der Waals surface area contributed by atoms with Crippen molar-refractivity contribution in [3.8, 4) is 0 Å². The standard InChI is InChI=1S/C16H21N3O4/c1-8-11(15(21)18-9(2)17-8)5-14(20)19-6-12(10-3-4-10)13(7-19)16(22)23/h10,12-13H,3-7H2,1-2H3,(H,22,23)(H,17,18,21)/t12-,13+/m0/s1. The van der Waals surface area contributed by atoms with Crippen molar-refractivity contribution >= 4 is 11.9 Å². The number of amides is 1. The Morgan fingerprint density at radius 2 is 2.00 bits per heavy atom. The molecule has 0 bridgehead atoms. The summed E-state index contributed by atoms with van der Waals surface area (Å²) in [6.07, 6.45) is 2.08. The minimum atomic E-state index is -0.830. The van der Waals surface area contributed by atoms with Crippen LogP contribution in [0.3, 0.4) is 0 Å². The predicted molar refractivity (Wildman–Crippen MR) is 82.0 cm³/mol. The van der Waals surface area contributed by atoms with Gasteiger partial charge in [-0.3, -0.25) is 14.4 Å². The predicted octanol–water partition coefficient (Wildman–Crippen LogP) is 0.498. The van der Waals surface area contributed by atoms with Crippen LogP contribution in [0, 0.1) is 31.6 Å². The van der Waals surface area contributed by atoms with Gasteiger partial charge >= 0.3 is 5.97 Å². The summed E-state index contributed by atoms with van der Waals surface area (Å²) in [6.45, 7) is 4.13. The van der Waals surface area contributed by atoms with E-state index in [9.17, 15) is 19.5 Å². The SMILES string of the molecule is Cc1nc(C)c(CC(=O)N2C[C@@H](C(=O)O)[C@H](C3CC3)C2)c(=O)[nH]1. The fourth-order valence-electron chi connectivity index (χ4n) is 3.52. The number of carboxylic acid groups (broad SMARTS) is 1. The van der Waals surface area contributed by atoms with Gasteiger partial charge < -0.3 is 15.0 Å². The van der Waals surface area contributed by atoms with Crippen LogP contribution in [0.25, 0.3) is 0 Å². The first-order valence-electron chi connectivity index (χ1n) is 7.93. The summed E-state index contributed by atoms with van der Waals surface area (Å²) in [7, 11) is 0. The zero-order valence-electron chi connectivity index (χ0n) is 13.3. The molecular weight excluding hydrogens is 298 g/mol.